The van der Waals surface area contributed by atoms with Crippen molar-refractivity contribution in [3.8, 4) is 11.5 Å². The Labute approximate surface area is 264 Å². The summed E-state index contributed by atoms with van der Waals surface area (Å²) < 4.78 is 32.9. The molecule has 0 aliphatic heterocycles. The molecule has 44 heavy (non-hydrogen) atoms. The molecule has 0 spiro atoms. The smallest absolute Gasteiger partial charge is 0.244 e. The van der Waals surface area contributed by atoms with Crippen molar-refractivity contribution in [1.82, 2.24) is 10.2 Å². The molecule has 0 fully saturated rings. The van der Waals surface area contributed by atoms with Gasteiger partial charge >= 0.3 is 0 Å². The summed E-state index contributed by atoms with van der Waals surface area (Å²) in [5.41, 5.74) is 1.86. The number of rotatable bonds is 14. The first-order valence-corrected chi connectivity index (χ1v) is 16.5. The lowest BCUT2D eigenvalue weighted by molar-refractivity contribution is -0.140. The van der Waals surface area contributed by atoms with Gasteiger partial charge in [-0.2, -0.15) is 0 Å². The molecule has 0 aliphatic rings. The van der Waals surface area contributed by atoms with Crippen molar-refractivity contribution >= 4 is 39.1 Å². The monoisotopic (exact) mass is 633 g/mol. The Hall–Kier alpha value is -4.34. The van der Waals surface area contributed by atoms with E-state index in [9.17, 15) is 18.0 Å². The zero-order valence-corrected chi connectivity index (χ0v) is 26.3. The van der Waals surface area contributed by atoms with E-state index in [1.165, 1.54) is 4.90 Å². The maximum atomic E-state index is 14.2. The molecule has 1 unspecified atom stereocenters. The molecule has 0 heterocycles. The normalized spacial score (nSPS) is 11.8. The second kappa shape index (κ2) is 15.4. The Balaban J connectivity index is 1.67. The average Bonchev–Trinajstić information content (AvgIpc) is 3.01. The summed E-state index contributed by atoms with van der Waals surface area (Å²) in [6.45, 7) is 1.93. The second-order valence-electron chi connectivity index (χ2n) is 10.3. The number of anilines is 1. The van der Waals surface area contributed by atoms with Gasteiger partial charge in [-0.15, -0.1) is 0 Å². The number of para-hydroxylation sites is 1. The highest BCUT2D eigenvalue weighted by atomic mass is 35.5. The molecule has 1 atom stereocenters. The number of amides is 2. The van der Waals surface area contributed by atoms with Gasteiger partial charge in [0, 0.05) is 24.5 Å². The molecule has 230 valence electrons. The van der Waals surface area contributed by atoms with Gasteiger partial charge in [0.2, 0.25) is 21.8 Å². The van der Waals surface area contributed by atoms with Crippen LogP contribution in [0.5, 0.6) is 11.5 Å². The lowest BCUT2D eigenvalue weighted by Crippen LogP contribution is -2.53. The van der Waals surface area contributed by atoms with Gasteiger partial charge < -0.3 is 15.0 Å². The summed E-state index contributed by atoms with van der Waals surface area (Å²) in [4.78, 5) is 29.2. The van der Waals surface area contributed by atoms with Crippen LogP contribution in [-0.4, -0.2) is 50.5 Å². The van der Waals surface area contributed by atoms with Gasteiger partial charge in [0.05, 0.1) is 11.9 Å². The van der Waals surface area contributed by atoms with Crippen molar-refractivity contribution in [2.24, 2.45) is 0 Å². The molecule has 4 aromatic rings. The minimum atomic E-state index is -3.89. The third kappa shape index (κ3) is 9.33. The van der Waals surface area contributed by atoms with Crippen LogP contribution in [0.15, 0.2) is 109 Å². The standard InChI is InChI=1S/C34H36ClN3O5S/c1-3-21-36-34(40)32(23-26-11-6-4-7-12-26)37(24-27-13-10-14-28(35)22-27)33(39)25-38(44(2,41)42)29-17-19-31(20-18-29)43-30-15-8-5-9-16-30/h4-20,22,32H,3,21,23-25H2,1-2H3,(H,36,40). The number of hydrogen-bond donors (Lipinski definition) is 1. The summed E-state index contributed by atoms with van der Waals surface area (Å²) in [7, 11) is -3.89. The number of sulfonamides is 1. The zero-order chi connectivity index (χ0) is 31.5. The molecule has 0 saturated heterocycles. The number of nitrogens with zero attached hydrogens (tertiary/aromatic N) is 2. The fourth-order valence-corrected chi connectivity index (χ4v) is 5.73. The molecule has 8 nitrogen and oxygen atoms in total. The van der Waals surface area contributed by atoms with Crippen molar-refractivity contribution < 1.29 is 22.7 Å². The zero-order valence-electron chi connectivity index (χ0n) is 24.7. The lowest BCUT2D eigenvalue weighted by Gasteiger charge is -2.33. The van der Waals surface area contributed by atoms with E-state index in [-0.39, 0.29) is 18.9 Å². The summed E-state index contributed by atoms with van der Waals surface area (Å²) in [6.07, 6.45) is 2.01. The van der Waals surface area contributed by atoms with Crippen molar-refractivity contribution in [3.05, 3.63) is 125 Å². The number of hydrogen-bond acceptors (Lipinski definition) is 5. The van der Waals surface area contributed by atoms with Crippen LogP contribution in [0.1, 0.15) is 24.5 Å². The Morgan fingerprint density at radius 1 is 0.841 bits per heavy atom. The van der Waals surface area contributed by atoms with Gasteiger partial charge in [-0.1, -0.05) is 79.2 Å². The third-order valence-corrected chi connectivity index (χ3v) is 8.22. The molecule has 0 saturated carbocycles. The minimum Gasteiger partial charge on any atom is -0.457 e. The molecule has 0 aromatic heterocycles. The van der Waals surface area contributed by atoms with Crippen LogP contribution in [0.25, 0.3) is 0 Å². The van der Waals surface area contributed by atoms with Crippen LogP contribution in [0, 0.1) is 0 Å². The van der Waals surface area contributed by atoms with Gasteiger partial charge in [0.15, 0.2) is 0 Å². The Morgan fingerprint density at radius 3 is 2.07 bits per heavy atom. The molecule has 4 aromatic carbocycles. The van der Waals surface area contributed by atoms with E-state index >= 15 is 0 Å². The Bertz CT molecular complexity index is 1630. The van der Waals surface area contributed by atoms with Crippen LogP contribution in [0.3, 0.4) is 0 Å². The fraction of sp³-hybridized carbons (Fsp3) is 0.235. The van der Waals surface area contributed by atoms with Gasteiger partial charge in [-0.3, -0.25) is 13.9 Å². The second-order valence-corrected chi connectivity index (χ2v) is 12.7. The van der Waals surface area contributed by atoms with Crippen molar-refractivity contribution in [1.29, 1.82) is 0 Å². The number of benzene rings is 4. The van der Waals surface area contributed by atoms with E-state index in [4.69, 9.17) is 16.3 Å². The predicted octanol–water partition coefficient (Wildman–Crippen LogP) is 6.06. The first-order chi connectivity index (χ1) is 21.1. The largest absolute Gasteiger partial charge is 0.457 e. The van der Waals surface area contributed by atoms with Crippen molar-refractivity contribution in [2.45, 2.75) is 32.4 Å². The van der Waals surface area contributed by atoms with Gasteiger partial charge in [-0.25, -0.2) is 8.42 Å². The van der Waals surface area contributed by atoms with Crippen LogP contribution < -0.4 is 14.4 Å². The van der Waals surface area contributed by atoms with Gasteiger partial charge in [0.1, 0.15) is 24.1 Å². The first kappa shape index (κ1) is 32.6. The fourth-order valence-electron chi connectivity index (χ4n) is 4.67. The molecule has 10 heteroatoms. The van der Waals surface area contributed by atoms with E-state index < -0.39 is 28.5 Å². The molecule has 0 bridgehead atoms. The number of carbonyl (C=O) groups excluding carboxylic acids is 2. The van der Waals surface area contributed by atoms with Crippen LogP contribution in [0.4, 0.5) is 5.69 Å². The van der Waals surface area contributed by atoms with Gasteiger partial charge in [-0.05, 0) is 66.1 Å². The summed E-state index contributed by atoms with van der Waals surface area (Å²) >= 11 is 6.26. The quantitative estimate of drug-likeness (QED) is 0.182. The van der Waals surface area contributed by atoms with E-state index in [1.54, 1.807) is 42.5 Å². The van der Waals surface area contributed by atoms with Crippen molar-refractivity contribution in [2.75, 3.05) is 23.7 Å². The molecular weight excluding hydrogens is 598 g/mol. The minimum absolute atomic E-state index is 0.0535. The summed E-state index contributed by atoms with van der Waals surface area (Å²) in [6, 6.07) is 31.2. The number of ether oxygens (including phenoxy) is 1. The van der Waals surface area contributed by atoms with Crippen LogP contribution >= 0.6 is 11.6 Å². The predicted molar refractivity (Wildman–Crippen MR) is 174 cm³/mol. The number of carbonyl (C=O) groups is 2. The average molecular weight is 634 g/mol. The summed E-state index contributed by atoms with van der Waals surface area (Å²) in [5.74, 6) is 0.294. The lowest BCUT2D eigenvalue weighted by atomic mass is 10.0. The van der Waals surface area contributed by atoms with Crippen LogP contribution in [-0.2, 0) is 32.6 Å². The van der Waals surface area contributed by atoms with Crippen molar-refractivity contribution in [3.63, 3.8) is 0 Å². The Kier molecular flexibility index (Phi) is 11.4. The number of halogens is 1. The van der Waals surface area contributed by atoms with E-state index in [0.29, 0.717) is 34.3 Å². The maximum Gasteiger partial charge on any atom is 0.244 e. The molecule has 2 amide bonds. The van der Waals surface area contributed by atoms with E-state index in [2.05, 4.69) is 5.32 Å². The highest BCUT2D eigenvalue weighted by Gasteiger charge is 2.33. The Morgan fingerprint density at radius 2 is 1.45 bits per heavy atom. The highest BCUT2D eigenvalue weighted by Crippen LogP contribution is 2.26. The van der Waals surface area contributed by atoms with E-state index in [0.717, 1.165) is 22.5 Å². The first-order valence-electron chi connectivity index (χ1n) is 14.3. The molecular formula is C34H36ClN3O5S. The maximum absolute atomic E-state index is 14.2. The molecule has 0 radical (unpaired) electrons. The molecule has 1 N–H and O–H groups in total. The molecule has 0 aliphatic carbocycles. The SMILES string of the molecule is CCCNC(=O)C(Cc1ccccc1)N(Cc1cccc(Cl)c1)C(=O)CN(c1ccc(Oc2ccccc2)cc1)S(C)(=O)=O. The molecule has 4 rings (SSSR count). The van der Waals surface area contributed by atoms with Gasteiger partial charge in [0.25, 0.3) is 0 Å². The van der Waals surface area contributed by atoms with E-state index in [1.807, 2.05) is 73.7 Å². The highest BCUT2D eigenvalue weighted by molar-refractivity contribution is 7.92. The third-order valence-electron chi connectivity index (χ3n) is 6.85. The van der Waals surface area contributed by atoms with Crippen LogP contribution in [0.2, 0.25) is 5.02 Å². The number of nitrogens with one attached hydrogen (secondary N) is 1. The summed E-state index contributed by atoms with van der Waals surface area (Å²) in [5, 5.41) is 3.41. The topological polar surface area (TPSA) is 96.0 Å².